The standard InChI is InChI=1S/C11H12BrN5S/c12-7-2-1-6(5-13)8(3-7)18-11-16-9(14)4-10(15)17-11/h1-4H,5,13H2,(H4,14,15,16,17). The van der Waals surface area contributed by atoms with Crippen LogP contribution in [0, 0.1) is 0 Å². The third-order valence-electron chi connectivity index (χ3n) is 2.20. The smallest absolute Gasteiger partial charge is 0.196 e. The molecule has 0 atom stereocenters. The highest BCUT2D eigenvalue weighted by Crippen LogP contribution is 2.31. The molecule has 6 N–H and O–H groups in total. The van der Waals surface area contributed by atoms with Crippen molar-refractivity contribution in [2.75, 3.05) is 11.5 Å². The van der Waals surface area contributed by atoms with E-state index in [0.29, 0.717) is 23.3 Å². The first-order valence-electron chi connectivity index (χ1n) is 5.15. The summed E-state index contributed by atoms with van der Waals surface area (Å²) < 4.78 is 0.971. The minimum Gasteiger partial charge on any atom is -0.383 e. The first-order valence-corrected chi connectivity index (χ1v) is 6.76. The lowest BCUT2D eigenvalue weighted by Crippen LogP contribution is -2.01. The van der Waals surface area contributed by atoms with Crippen LogP contribution in [0.1, 0.15) is 5.56 Å². The SMILES string of the molecule is NCc1ccc(Br)cc1Sc1nc(N)cc(N)n1. The quantitative estimate of drug-likeness (QED) is 0.746. The topological polar surface area (TPSA) is 104 Å². The van der Waals surface area contributed by atoms with E-state index in [2.05, 4.69) is 25.9 Å². The second kappa shape index (κ2) is 5.55. The molecule has 5 nitrogen and oxygen atoms in total. The van der Waals surface area contributed by atoms with E-state index in [1.54, 1.807) is 0 Å². The first-order chi connectivity index (χ1) is 8.58. The molecule has 0 saturated carbocycles. The van der Waals surface area contributed by atoms with Crippen molar-refractivity contribution >= 4 is 39.3 Å². The molecule has 1 aromatic carbocycles. The summed E-state index contributed by atoms with van der Waals surface area (Å²) in [5.74, 6) is 0.712. The van der Waals surface area contributed by atoms with Crippen LogP contribution in [-0.4, -0.2) is 9.97 Å². The maximum absolute atomic E-state index is 5.70. The predicted octanol–water partition coefficient (Wildman–Crippen LogP) is 2.01. The Morgan fingerprint density at radius 3 is 2.39 bits per heavy atom. The number of nitrogens with zero attached hydrogens (tertiary/aromatic N) is 2. The van der Waals surface area contributed by atoms with Crippen LogP contribution in [0.15, 0.2) is 38.8 Å². The summed E-state index contributed by atoms with van der Waals surface area (Å²) in [4.78, 5) is 9.24. The van der Waals surface area contributed by atoms with Gasteiger partial charge in [-0.15, -0.1) is 0 Å². The summed E-state index contributed by atoms with van der Waals surface area (Å²) in [6.07, 6.45) is 0. The molecule has 0 unspecified atom stereocenters. The number of nitrogens with two attached hydrogens (primary N) is 3. The molecule has 7 heteroatoms. The van der Waals surface area contributed by atoms with Gasteiger partial charge in [0.25, 0.3) is 0 Å². The van der Waals surface area contributed by atoms with Crippen molar-refractivity contribution in [3.63, 3.8) is 0 Å². The van der Waals surface area contributed by atoms with Crippen LogP contribution in [0.25, 0.3) is 0 Å². The van der Waals surface area contributed by atoms with Gasteiger partial charge in [-0.25, -0.2) is 9.97 Å². The summed E-state index contributed by atoms with van der Waals surface area (Å²) >= 11 is 4.81. The molecular weight excluding hydrogens is 314 g/mol. The molecule has 0 aliphatic carbocycles. The molecule has 0 amide bonds. The molecule has 1 heterocycles. The van der Waals surface area contributed by atoms with Gasteiger partial charge in [0.15, 0.2) is 5.16 Å². The molecule has 2 rings (SSSR count). The van der Waals surface area contributed by atoms with E-state index in [4.69, 9.17) is 17.2 Å². The van der Waals surface area contributed by atoms with Gasteiger partial charge in [0, 0.05) is 22.0 Å². The van der Waals surface area contributed by atoms with E-state index in [9.17, 15) is 0 Å². The van der Waals surface area contributed by atoms with Crippen molar-refractivity contribution in [3.05, 3.63) is 34.3 Å². The number of benzene rings is 1. The normalized spacial score (nSPS) is 10.6. The van der Waals surface area contributed by atoms with E-state index >= 15 is 0 Å². The number of halogens is 1. The van der Waals surface area contributed by atoms with Gasteiger partial charge in [-0.2, -0.15) is 0 Å². The lowest BCUT2D eigenvalue weighted by Gasteiger charge is -2.07. The highest BCUT2D eigenvalue weighted by molar-refractivity contribution is 9.10. The van der Waals surface area contributed by atoms with Crippen LogP contribution in [0.5, 0.6) is 0 Å². The van der Waals surface area contributed by atoms with Crippen molar-refractivity contribution in [1.82, 2.24) is 9.97 Å². The van der Waals surface area contributed by atoms with Crippen LogP contribution in [0.2, 0.25) is 0 Å². The van der Waals surface area contributed by atoms with Gasteiger partial charge in [0.05, 0.1) is 0 Å². The molecule has 18 heavy (non-hydrogen) atoms. The highest BCUT2D eigenvalue weighted by atomic mass is 79.9. The van der Waals surface area contributed by atoms with Gasteiger partial charge in [-0.05, 0) is 29.5 Å². The number of nitrogen functional groups attached to an aromatic ring is 2. The Kier molecular flexibility index (Phi) is 4.05. The molecule has 0 spiro atoms. The second-order valence-electron chi connectivity index (χ2n) is 3.56. The molecule has 2 aromatic rings. The monoisotopic (exact) mass is 325 g/mol. The van der Waals surface area contributed by atoms with Crippen LogP contribution in [0.3, 0.4) is 0 Å². The third-order valence-corrected chi connectivity index (χ3v) is 3.65. The third kappa shape index (κ3) is 3.12. The number of aromatic nitrogens is 2. The van der Waals surface area contributed by atoms with E-state index in [0.717, 1.165) is 14.9 Å². The summed E-state index contributed by atoms with van der Waals surface area (Å²) in [5.41, 5.74) is 18.0. The summed E-state index contributed by atoms with van der Waals surface area (Å²) in [7, 11) is 0. The zero-order valence-corrected chi connectivity index (χ0v) is 11.8. The van der Waals surface area contributed by atoms with Crippen LogP contribution >= 0.6 is 27.7 Å². The molecule has 1 aromatic heterocycles. The van der Waals surface area contributed by atoms with Gasteiger partial charge in [0.2, 0.25) is 0 Å². The van der Waals surface area contributed by atoms with Crippen molar-refractivity contribution in [3.8, 4) is 0 Å². The van der Waals surface area contributed by atoms with E-state index in [1.165, 1.54) is 17.8 Å². The number of anilines is 2. The Morgan fingerprint density at radius 2 is 1.78 bits per heavy atom. The highest BCUT2D eigenvalue weighted by Gasteiger charge is 2.08. The van der Waals surface area contributed by atoms with Crippen molar-refractivity contribution in [1.29, 1.82) is 0 Å². The average Bonchev–Trinajstić information content (AvgIpc) is 2.27. The molecule has 0 radical (unpaired) electrons. The van der Waals surface area contributed by atoms with Crippen molar-refractivity contribution in [2.24, 2.45) is 5.73 Å². The molecule has 94 valence electrons. The van der Waals surface area contributed by atoms with Crippen LogP contribution < -0.4 is 17.2 Å². The fraction of sp³-hybridized carbons (Fsp3) is 0.0909. The Balaban J connectivity index is 2.35. The molecular formula is C11H12BrN5S. The average molecular weight is 326 g/mol. The second-order valence-corrected chi connectivity index (χ2v) is 5.48. The minimum atomic E-state index is 0.356. The molecule has 0 bridgehead atoms. The number of rotatable bonds is 3. The number of hydrogen-bond acceptors (Lipinski definition) is 6. The van der Waals surface area contributed by atoms with E-state index in [1.807, 2.05) is 18.2 Å². The van der Waals surface area contributed by atoms with Crippen LogP contribution in [0.4, 0.5) is 11.6 Å². The zero-order valence-electron chi connectivity index (χ0n) is 9.43. The molecule has 0 aliphatic rings. The zero-order chi connectivity index (χ0) is 13.1. The van der Waals surface area contributed by atoms with Crippen molar-refractivity contribution in [2.45, 2.75) is 16.6 Å². The van der Waals surface area contributed by atoms with Gasteiger partial charge in [0.1, 0.15) is 11.6 Å². The Hall–Kier alpha value is -1.31. The maximum atomic E-state index is 5.70. The Bertz CT molecular complexity index is 555. The summed E-state index contributed by atoms with van der Waals surface area (Å²) in [5, 5.41) is 0.514. The minimum absolute atomic E-state index is 0.356. The fourth-order valence-electron chi connectivity index (χ4n) is 1.40. The summed E-state index contributed by atoms with van der Waals surface area (Å²) in [6.45, 7) is 0.452. The van der Waals surface area contributed by atoms with Gasteiger partial charge in [-0.3, -0.25) is 0 Å². The molecule has 0 fully saturated rings. The predicted molar refractivity (Wildman–Crippen MR) is 77.0 cm³/mol. The van der Waals surface area contributed by atoms with Crippen molar-refractivity contribution < 1.29 is 0 Å². The van der Waals surface area contributed by atoms with Gasteiger partial charge < -0.3 is 17.2 Å². The largest absolute Gasteiger partial charge is 0.383 e. The number of hydrogen-bond donors (Lipinski definition) is 3. The summed E-state index contributed by atoms with van der Waals surface area (Å²) in [6, 6.07) is 7.40. The maximum Gasteiger partial charge on any atom is 0.196 e. The van der Waals surface area contributed by atoms with Gasteiger partial charge in [-0.1, -0.05) is 22.0 Å². The fourth-order valence-corrected chi connectivity index (χ4v) is 2.88. The Morgan fingerprint density at radius 1 is 1.11 bits per heavy atom. The molecule has 0 saturated heterocycles. The van der Waals surface area contributed by atoms with Crippen LogP contribution in [-0.2, 0) is 6.54 Å². The first kappa shape index (κ1) is 13.1. The Labute approximate surface area is 117 Å². The lowest BCUT2D eigenvalue weighted by molar-refractivity contribution is 0.974. The van der Waals surface area contributed by atoms with E-state index in [-0.39, 0.29) is 0 Å². The lowest BCUT2D eigenvalue weighted by atomic mass is 10.2. The van der Waals surface area contributed by atoms with Gasteiger partial charge >= 0.3 is 0 Å². The van der Waals surface area contributed by atoms with E-state index < -0.39 is 0 Å². The molecule has 0 aliphatic heterocycles.